The molecule has 3 nitrogen and oxygen atoms in total. The zero-order chi connectivity index (χ0) is 19.6. The second-order valence-electron chi connectivity index (χ2n) is 4.15. The van der Waals surface area contributed by atoms with Gasteiger partial charge in [0.2, 0.25) is 1.43 Å². The molecule has 1 unspecified atom stereocenters. The monoisotopic (exact) mass is 266 g/mol. The topological polar surface area (TPSA) is 41.5 Å². The summed E-state index contributed by atoms with van der Waals surface area (Å²) in [5.41, 5.74) is 0. The van der Waals surface area contributed by atoms with Crippen molar-refractivity contribution in [3.05, 3.63) is 42.5 Å². The lowest BCUT2D eigenvalue weighted by molar-refractivity contribution is 0.105. The second-order valence-corrected chi connectivity index (χ2v) is 4.15. The lowest BCUT2D eigenvalue weighted by Crippen LogP contribution is -2.35. The van der Waals surface area contributed by atoms with Crippen molar-refractivity contribution in [3.8, 4) is 5.75 Å². The van der Waals surface area contributed by atoms with Gasteiger partial charge in [0.05, 0.1) is 1.37 Å². The largest absolute Gasteiger partial charge is 0.490 e. The maximum atomic E-state index is 8.20. The molecular weight excluding hydrogens is 238 g/mol. The number of hydrogen-bond donors (Lipinski definition) is 2. The summed E-state index contributed by atoms with van der Waals surface area (Å²) in [4.78, 5) is 0. The van der Waals surface area contributed by atoms with Crippen molar-refractivity contribution in [1.29, 1.82) is 1.43 Å². The normalized spacial score (nSPS) is 23.8. The second kappa shape index (κ2) is 6.55. The first kappa shape index (κ1) is 7.27. The number of ether oxygens (including phenoxy) is 1. The SMILES string of the molecule is [2H]CC([2H])(C)N([2H])C([2H])([2H])[C@@]([2H])(COc1cccc2ccccc12)O[2H]. The standard InChI is InChI=1S/C16H21NO2/c1-12(2)17-10-14(18)11-19-16-9-5-7-13-6-3-4-8-15(13)16/h3-9,12,14,17-18H,10-11H2,1-2H3/t14-/m0/s1/i1D,10D2,12D,14D,18D/hD/t12?,14-. The summed E-state index contributed by atoms with van der Waals surface area (Å²) in [7, 11) is 0. The summed E-state index contributed by atoms with van der Waals surface area (Å²) in [6, 6.07) is 10.7. The van der Waals surface area contributed by atoms with Gasteiger partial charge in [-0.3, -0.25) is 0 Å². The Morgan fingerprint density at radius 2 is 2.32 bits per heavy atom. The van der Waals surface area contributed by atoms with Crippen molar-refractivity contribution < 1.29 is 18.1 Å². The molecule has 2 aromatic carbocycles. The maximum absolute atomic E-state index is 8.20. The highest BCUT2D eigenvalue weighted by atomic mass is 16.5. The van der Waals surface area contributed by atoms with Gasteiger partial charge in [-0.15, -0.1) is 0 Å². The number of hydrogen-bond acceptors (Lipinski definition) is 3. The van der Waals surface area contributed by atoms with Crippen molar-refractivity contribution >= 4 is 10.8 Å². The van der Waals surface area contributed by atoms with Crippen LogP contribution in [0.3, 0.4) is 0 Å². The summed E-state index contributed by atoms with van der Waals surface area (Å²) < 4.78 is 60.1. The van der Waals surface area contributed by atoms with Crippen LogP contribution in [0.25, 0.3) is 10.8 Å². The molecule has 0 spiro atoms. The van der Waals surface area contributed by atoms with Gasteiger partial charge < -0.3 is 15.2 Å². The molecule has 2 aromatic rings. The predicted molar refractivity (Wildman–Crippen MR) is 78.6 cm³/mol. The minimum Gasteiger partial charge on any atom is -0.490 e. The molecule has 3 heteroatoms. The zero-order valence-corrected chi connectivity index (χ0v) is 10.7. The van der Waals surface area contributed by atoms with Gasteiger partial charge in [0.1, 0.15) is 19.8 Å². The molecule has 0 heterocycles. The quantitative estimate of drug-likeness (QED) is 0.809. The lowest BCUT2D eigenvalue weighted by Gasteiger charge is -2.15. The summed E-state index contributed by atoms with van der Waals surface area (Å²) in [5.74, 6) is 0.387. The number of rotatable bonds is 7. The van der Waals surface area contributed by atoms with Crippen LogP contribution in [0.15, 0.2) is 42.5 Å². The number of benzene rings is 2. The van der Waals surface area contributed by atoms with E-state index in [0.717, 1.165) is 10.8 Å². The molecule has 0 saturated carbocycles. The highest BCUT2D eigenvalue weighted by Crippen LogP contribution is 2.25. The Kier molecular flexibility index (Phi) is 2.50. The fourth-order valence-electron chi connectivity index (χ4n) is 1.65. The van der Waals surface area contributed by atoms with E-state index in [4.69, 9.17) is 14.4 Å². The van der Waals surface area contributed by atoms with Gasteiger partial charge in [-0.25, -0.2) is 0 Å². The molecule has 19 heavy (non-hydrogen) atoms. The van der Waals surface area contributed by atoms with Crippen molar-refractivity contribution in [2.75, 3.05) is 13.1 Å². The van der Waals surface area contributed by atoms with Gasteiger partial charge in [-0.05, 0) is 11.5 Å². The van der Waals surface area contributed by atoms with E-state index in [2.05, 4.69) is 5.11 Å². The predicted octanol–water partition coefficient (Wildman–Crippen LogP) is 2.58. The zero-order valence-electron chi connectivity index (χ0n) is 17.7. The van der Waals surface area contributed by atoms with E-state index in [1.165, 1.54) is 6.92 Å². The molecule has 2 atom stereocenters. The Hall–Kier alpha value is -1.58. The van der Waals surface area contributed by atoms with Gasteiger partial charge in [0.15, 0.2) is 0 Å². The fraction of sp³-hybridized carbons (Fsp3) is 0.375. The van der Waals surface area contributed by atoms with Crippen LogP contribution in [0, 0.1) is 0 Å². The van der Waals surface area contributed by atoms with Gasteiger partial charge in [-0.1, -0.05) is 50.2 Å². The van der Waals surface area contributed by atoms with E-state index in [1.54, 1.807) is 12.1 Å². The minimum absolute atomic E-state index is 0.168. The molecule has 2 N–H and O–H groups in total. The van der Waals surface area contributed by atoms with Crippen LogP contribution in [0.2, 0.25) is 1.41 Å². The molecule has 0 aromatic heterocycles. The first-order valence-corrected chi connectivity index (χ1v) is 5.92. The van der Waals surface area contributed by atoms with Crippen LogP contribution in [0.4, 0.5) is 0 Å². The van der Waals surface area contributed by atoms with Crippen LogP contribution >= 0.6 is 0 Å². The van der Waals surface area contributed by atoms with Crippen molar-refractivity contribution in [2.45, 2.75) is 25.9 Å². The molecule has 0 amide bonds. The highest BCUT2D eigenvalue weighted by Gasteiger charge is 2.07. The van der Waals surface area contributed by atoms with E-state index < -0.39 is 32.1 Å². The van der Waals surface area contributed by atoms with Crippen LogP contribution in [0.5, 0.6) is 5.75 Å². The molecule has 0 saturated heterocycles. The lowest BCUT2D eigenvalue weighted by atomic mass is 10.1. The Morgan fingerprint density at radius 1 is 1.47 bits per heavy atom. The van der Waals surface area contributed by atoms with Gasteiger partial charge >= 0.3 is 0 Å². The van der Waals surface area contributed by atoms with E-state index in [-0.39, 0.29) is 5.31 Å². The molecule has 0 aliphatic carbocycles. The first-order chi connectivity index (χ1) is 12.1. The third kappa shape index (κ3) is 3.94. The number of fused-ring (bicyclic) bond motifs is 1. The van der Waals surface area contributed by atoms with Gasteiger partial charge in [-0.2, -0.15) is 0 Å². The summed E-state index contributed by atoms with van der Waals surface area (Å²) in [5, 5.41) is 6.12. The maximum Gasteiger partial charge on any atom is 0.211 e. The summed E-state index contributed by atoms with van der Waals surface area (Å²) >= 11 is 0. The molecule has 0 fully saturated rings. The Labute approximate surface area is 124 Å². The number of nitrogens with one attached hydrogen (secondary N) is 1. The molecule has 0 aliphatic heterocycles. The summed E-state index contributed by atoms with van der Waals surface area (Å²) in [6.45, 7) is -2.97. The van der Waals surface area contributed by atoms with E-state index >= 15 is 0 Å². The van der Waals surface area contributed by atoms with Crippen LogP contribution in [0.1, 0.15) is 20.7 Å². The average Bonchev–Trinajstić information content (AvgIpc) is 2.65. The average molecular weight is 266 g/mol. The molecule has 0 radical (unpaired) electrons. The minimum atomic E-state index is -2.88. The Balaban J connectivity index is 2.29. The molecule has 102 valence electrons. The van der Waals surface area contributed by atoms with Gasteiger partial charge in [0, 0.05) is 23.4 Å². The van der Waals surface area contributed by atoms with Crippen LogP contribution in [-0.2, 0) is 0 Å². The van der Waals surface area contributed by atoms with Crippen LogP contribution < -0.4 is 10.0 Å². The first-order valence-electron chi connectivity index (χ1n) is 9.49. The third-order valence-electron chi connectivity index (χ3n) is 2.48. The van der Waals surface area contributed by atoms with E-state index in [1.807, 2.05) is 30.3 Å². The van der Waals surface area contributed by atoms with Gasteiger partial charge in [0.25, 0.3) is 0 Å². The Morgan fingerprint density at radius 3 is 3.16 bits per heavy atom. The fourth-order valence-corrected chi connectivity index (χ4v) is 1.65. The molecular formula is C16H21NO2. The molecule has 0 bridgehead atoms. The smallest absolute Gasteiger partial charge is 0.211 e. The summed E-state index contributed by atoms with van der Waals surface area (Å²) in [6.07, 6.45) is -2.61. The van der Waals surface area contributed by atoms with E-state index in [0.29, 0.717) is 5.75 Å². The highest BCUT2D eigenvalue weighted by molar-refractivity contribution is 5.88. The Bertz CT molecular complexity index is 753. The van der Waals surface area contributed by atoms with Crippen molar-refractivity contribution in [3.63, 3.8) is 0 Å². The van der Waals surface area contributed by atoms with Crippen molar-refractivity contribution in [2.24, 2.45) is 0 Å². The van der Waals surface area contributed by atoms with E-state index in [9.17, 15) is 0 Å². The van der Waals surface area contributed by atoms with Crippen LogP contribution in [-0.4, -0.2) is 31.7 Å². The van der Waals surface area contributed by atoms with Crippen molar-refractivity contribution in [1.82, 2.24) is 5.31 Å². The molecule has 0 aliphatic rings. The molecule has 2 rings (SSSR count). The number of aliphatic hydroxyl groups is 1. The third-order valence-corrected chi connectivity index (χ3v) is 2.48.